The molecule has 2 unspecified atom stereocenters. The average molecular weight is 627 g/mol. The Morgan fingerprint density at radius 2 is 0.841 bits per heavy atom. The zero-order valence-electron chi connectivity index (χ0n) is 28.7. The lowest BCUT2D eigenvalue weighted by molar-refractivity contribution is -0.174. The van der Waals surface area contributed by atoms with Gasteiger partial charge in [-0.2, -0.15) is 0 Å². The largest absolute Gasteiger partial charge is 0.481 e. The van der Waals surface area contributed by atoms with Gasteiger partial charge in [0, 0.05) is 32.1 Å². The molecule has 0 aliphatic carbocycles. The van der Waals surface area contributed by atoms with E-state index in [1.807, 2.05) is 0 Å². The number of unbranched alkanes of at least 4 members (excludes halogenated alkanes) is 13. The van der Waals surface area contributed by atoms with E-state index in [0.717, 1.165) is 109 Å². The van der Waals surface area contributed by atoms with E-state index in [0.29, 0.717) is 44.9 Å². The van der Waals surface area contributed by atoms with Crippen molar-refractivity contribution in [1.29, 1.82) is 0 Å². The van der Waals surface area contributed by atoms with Gasteiger partial charge in [0.2, 0.25) is 0 Å². The van der Waals surface area contributed by atoms with Gasteiger partial charge in [0.1, 0.15) is 18.3 Å². The molecular formula is C36H66O8. The zero-order valence-corrected chi connectivity index (χ0v) is 28.7. The van der Waals surface area contributed by atoms with E-state index in [1.165, 1.54) is 0 Å². The number of esters is 3. The second kappa shape index (κ2) is 29.6. The molecule has 0 radical (unpaired) electrons. The van der Waals surface area contributed by atoms with Crippen molar-refractivity contribution in [2.45, 2.75) is 207 Å². The molecule has 0 saturated heterocycles. The van der Waals surface area contributed by atoms with E-state index in [-0.39, 0.29) is 24.3 Å². The first kappa shape index (κ1) is 41.9. The fourth-order valence-corrected chi connectivity index (χ4v) is 5.29. The highest BCUT2D eigenvalue weighted by Crippen LogP contribution is 2.24. The predicted molar refractivity (Wildman–Crippen MR) is 175 cm³/mol. The molecule has 8 nitrogen and oxygen atoms in total. The third kappa shape index (κ3) is 25.2. The van der Waals surface area contributed by atoms with Gasteiger partial charge in [0.25, 0.3) is 0 Å². The second-order valence-corrected chi connectivity index (χ2v) is 12.3. The van der Waals surface area contributed by atoms with Crippen molar-refractivity contribution in [3.05, 3.63) is 0 Å². The molecule has 0 aromatic heterocycles. The van der Waals surface area contributed by atoms with Gasteiger partial charge in [-0.05, 0) is 51.4 Å². The highest BCUT2D eigenvalue weighted by Gasteiger charge is 2.32. The first-order chi connectivity index (χ1) is 21.3. The van der Waals surface area contributed by atoms with Crippen LogP contribution in [0.2, 0.25) is 0 Å². The predicted octanol–water partition coefficient (Wildman–Crippen LogP) is 9.64. The Kier molecular flexibility index (Phi) is 28.2. The van der Waals surface area contributed by atoms with Crippen LogP contribution in [0.5, 0.6) is 0 Å². The first-order valence-corrected chi connectivity index (χ1v) is 18.1. The number of rotatable bonds is 31. The Morgan fingerprint density at radius 1 is 0.455 bits per heavy atom. The first-order valence-electron chi connectivity index (χ1n) is 18.1. The van der Waals surface area contributed by atoms with Gasteiger partial charge in [-0.15, -0.1) is 0 Å². The number of carboxylic acids is 1. The molecular weight excluding hydrogens is 560 g/mol. The standard InChI is InChI=1S/C36H66O8/c1-5-9-13-20-23-30(42-34(39)26-17-10-6-2)29-32(44-36(41)28-19-12-8-4)31(43-35(40)27-18-11-7-3)24-21-15-14-16-22-25-33(37)38/h30-32H,5-29H2,1-4H3,(H,37,38)/t30-,31?,32?/m1/s1. The summed E-state index contributed by atoms with van der Waals surface area (Å²) in [6.45, 7) is 8.43. The molecule has 258 valence electrons. The summed E-state index contributed by atoms with van der Waals surface area (Å²) < 4.78 is 18.1. The van der Waals surface area contributed by atoms with Crippen LogP contribution in [0.15, 0.2) is 0 Å². The number of carboxylic acid groups (broad SMARTS) is 1. The minimum Gasteiger partial charge on any atom is -0.481 e. The Bertz CT molecular complexity index is 738. The molecule has 0 amide bonds. The van der Waals surface area contributed by atoms with Gasteiger partial charge in [-0.3, -0.25) is 19.2 Å². The summed E-state index contributed by atoms with van der Waals surface area (Å²) in [5, 5.41) is 8.89. The molecule has 3 atom stereocenters. The van der Waals surface area contributed by atoms with Crippen molar-refractivity contribution >= 4 is 23.9 Å². The molecule has 44 heavy (non-hydrogen) atoms. The Hall–Kier alpha value is -2.12. The Morgan fingerprint density at radius 3 is 1.36 bits per heavy atom. The molecule has 0 bridgehead atoms. The average Bonchev–Trinajstić information content (AvgIpc) is 2.98. The lowest BCUT2D eigenvalue weighted by atomic mass is 9.97. The SMILES string of the molecule is CCCCCC[C@H](CC(OC(=O)CCCCC)C(CCCCCCCC(=O)O)OC(=O)CCCCC)OC(=O)CCCCC. The quantitative estimate of drug-likeness (QED) is 0.0459. The number of hydrogen-bond acceptors (Lipinski definition) is 7. The van der Waals surface area contributed by atoms with Crippen molar-refractivity contribution in [1.82, 2.24) is 0 Å². The van der Waals surface area contributed by atoms with Crippen molar-refractivity contribution in [3.8, 4) is 0 Å². The van der Waals surface area contributed by atoms with E-state index in [2.05, 4.69) is 27.7 Å². The Balaban J connectivity index is 5.81. The summed E-state index contributed by atoms with van der Waals surface area (Å²) in [4.78, 5) is 49.5. The van der Waals surface area contributed by atoms with Crippen LogP contribution in [-0.2, 0) is 33.4 Å². The van der Waals surface area contributed by atoms with E-state index in [4.69, 9.17) is 19.3 Å². The van der Waals surface area contributed by atoms with E-state index < -0.39 is 24.3 Å². The van der Waals surface area contributed by atoms with E-state index >= 15 is 0 Å². The molecule has 0 heterocycles. The normalized spacial score (nSPS) is 13.2. The molecule has 0 rings (SSSR count). The van der Waals surface area contributed by atoms with Gasteiger partial charge >= 0.3 is 23.9 Å². The highest BCUT2D eigenvalue weighted by atomic mass is 16.6. The third-order valence-electron chi connectivity index (χ3n) is 7.99. The van der Waals surface area contributed by atoms with Gasteiger partial charge in [0.15, 0.2) is 0 Å². The number of ether oxygens (including phenoxy) is 3. The summed E-state index contributed by atoms with van der Waals surface area (Å²) in [5.41, 5.74) is 0. The van der Waals surface area contributed by atoms with Crippen LogP contribution in [0.1, 0.15) is 188 Å². The number of aliphatic carboxylic acids is 1. The molecule has 8 heteroatoms. The van der Waals surface area contributed by atoms with Gasteiger partial charge in [-0.1, -0.05) is 105 Å². The zero-order chi connectivity index (χ0) is 32.8. The van der Waals surface area contributed by atoms with E-state index in [9.17, 15) is 19.2 Å². The van der Waals surface area contributed by atoms with E-state index in [1.54, 1.807) is 0 Å². The molecule has 0 aliphatic heterocycles. The van der Waals surface area contributed by atoms with Crippen LogP contribution >= 0.6 is 0 Å². The molecule has 1 N–H and O–H groups in total. The summed E-state index contributed by atoms with van der Waals surface area (Å²) in [5.74, 6) is -1.59. The summed E-state index contributed by atoms with van der Waals surface area (Å²) in [6.07, 6.45) is 17.3. The maximum Gasteiger partial charge on any atom is 0.306 e. The second-order valence-electron chi connectivity index (χ2n) is 12.3. The van der Waals surface area contributed by atoms with Crippen molar-refractivity contribution in [3.63, 3.8) is 0 Å². The van der Waals surface area contributed by atoms with Crippen LogP contribution in [0.4, 0.5) is 0 Å². The van der Waals surface area contributed by atoms with Crippen molar-refractivity contribution in [2.75, 3.05) is 0 Å². The number of carbonyl (C=O) groups is 4. The fourth-order valence-electron chi connectivity index (χ4n) is 5.29. The lowest BCUT2D eigenvalue weighted by Gasteiger charge is -2.30. The topological polar surface area (TPSA) is 116 Å². The minimum atomic E-state index is -0.779. The number of hydrogen-bond donors (Lipinski definition) is 1. The molecule has 0 aromatic rings. The van der Waals surface area contributed by atoms with Crippen LogP contribution in [0.25, 0.3) is 0 Å². The molecule has 0 fully saturated rings. The van der Waals surface area contributed by atoms with Crippen molar-refractivity contribution in [2.24, 2.45) is 0 Å². The monoisotopic (exact) mass is 626 g/mol. The summed E-state index contributed by atoms with van der Waals surface area (Å²) in [6, 6.07) is 0. The smallest absolute Gasteiger partial charge is 0.306 e. The Labute approximate surface area is 268 Å². The fraction of sp³-hybridized carbons (Fsp3) is 0.889. The maximum atomic E-state index is 13.0. The molecule has 0 spiro atoms. The highest BCUT2D eigenvalue weighted by molar-refractivity contribution is 5.71. The number of carbonyl (C=O) groups excluding carboxylic acids is 3. The van der Waals surface area contributed by atoms with Crippen molar-refractivity contribution < 1.29 is 38.5 Å². The van der Waals surface area contributed by atoms with Crippen LogP contribution in [0, 0.1) is 0 Å². The minimum absolute atomic E-state index is 0.171. The third-order valence-corrected chi connectivity index (χ3v) is 7.99. The van der Waals surface area contributed by atoms with Gasteiger partial charge < -0.3 is 19.3 Å². The van der Waals surface area contributed by atoms with Crippen LogP contribution in [-0.4, -0.2) is 47.3 Å². The lowest BCUT2D eigenvalue weighted by Crippen LogP contribution is -2.39. The van der Waals surface area contributed by atoms with Crippen LogP contribution in [0.3, 0.4) is 0 Å². The maximum absolute atomic E-state index is 13.0. The van der Waals surface area contributed by atoms with Crippen LogP contribution < -0.4 is 0 Å². The van der Waals surface area contributed by atoms with Gasteiger partial charge in [-0.25, -0.2) is 0 Å². The molecule has 0 aromatic carbocycles. The summed E-state index contributed by atoms with van der Waals surface area (Å²) in [7, 11) is 0. The molecule has 0 aliphatic rings. The summed E-state index contributed by atoms with van der Waals surface area (Å²) >= 11 is 0. The van der Waals surface area contributed by atoms with Gasteiger partial charge in [0.05, 0.1) is 0 Å². The molecule has 0 saturated carbocycles.